The van der Waals surface area contributed by atoms with Gasteiger partial charge in [-0.15, -0.1) is 11.3 Å². The van der Waals surface area contributed by atoms with Gasteiger partial charge in [0.05, 0.1) is 0 Å². The summed E-state index contributed by atoms with van der Waals surface area (Å²) in [5.74, 6) is -0.276. The van der Waals surface area contributed by atoms with Gasteiger partial charge in [0, 0.05) is 16.7 Å². The number of thiocarbonyl (C=S) groups is 1. The van der Waals surface area contributed by atoms with Crippen molar-refractivity contribution in [3.05, 3.63) is 40.6 Å². The number of hydrogen-bond donors (Lipinski definition) is 2. The lowest BCUT2D eigenvalue weighted by Crippen LogP contribution is -2.01. The van der Waals surface area contributed by atoms with Crippen molar-refractivity contribution in [1.82, 2.24) is 0 Å². The van der Waals surface area contributed by atoms with Crippen LogP contribution in [0.5, 0.6) is 5.75 Å². The van der Waals surface area contributed by atoms with Crippen molar-refractivity contribution in [2.24, 2.45) is 11.7 Å². The molecule has 0 atom stereocenters. The molecule has 0 saturated heterocycles. The van der Waals surface area contributed by atoms with E-state index in [-0.39, 0.29) is 18.1 Å². The predicted octanol–water partition coefficient (Wildman–Crippen LogP) is 5.06. The third kappa shape index (κ3) is 10.2. The van der Waals surface area contributed by atoms with Crippen molar-refractivity contribution in [2.45, 2.75) is 26.9 Å². The summed E-state index contributed by atoms with van der Waals surface area (Å²) in [6, 6.07) is 8.49. The lowest BCUT2D eigenvalue weighted by molar-refractivity contribution is -0.137. The molecule has 0 spiro atoms. The first kappa shape index (κ1) is 24.1. The molecule has 1 aromatic heterocycles. The van der Waals surface area contributed by atoms with Gasteiger partial charge in [-0.2, -0.15) is 8.78 Å². The smallest absolute Gasteiger partial charge is 0.387 e. The Morgan fingerprint density at radius 1 is 1.27 bits per heavy atom. The molecule has 0 fully saturated rings. The number of benzene rings is 1. The van der Waals surface area contributed by atoms with Crippen LogP contribution in [0.3, 0.4) is 0 Å². The summed E-state index contributed by atoms with van der Waals surface area (Å²) < 4.78 is 28.2. The van der Waals surface area contributed by atoms with E-state index in [9.17, 15) is 13.6 Å². The van der Waals surface area contributed by atoms with Gasteiger partial charge in [-0.3, -0.25) is 4.79 Å². The Kier molecular flexibility index (Phi) is 12.3. The largest absolute Gasteiger partial charge is 0.481 e. The number of carboxylic acid groups (broad SMARTS) is 1. The molecule has 4 nitrogen and oxygen atoms in total. The lowest BCUT2D eigenvalue weighted by Gasteiger charge is -2.04. The number of carboxylic acids is 1. The third-order valence-electron chi connectivity index (χ3n) is 2.73. The van der Waals surface area contributed by atoms with Crippen LogP contribution >= 0.6 is 23.6 Å². The normalized spacial score (nSPS) is 9.69. The maximum absolute atomic E-state index is 12.0. The highest BCUT2D eigenvalue weighted by Gasteiger charge is 2.05. The summed E-state index contributed by atoms with van der Waals surface area (Å²) >= 11 is 6.38. The topological polar surface area (TPSA) is 72.5 Å². The average Bonchev–Trinajstić information content (AvgIpc) is 3.05. The molecule has 1 aromatic carbocycles. The quantitative estimate of drug-likeness (QED) is 0.660. The van der Waals surface area contributed by atoms with Gasteiger partial charge < -0.3 is 15.6 Å². The SMILES string of the molecule is CC(C)CC(=O)O.CN.FC(F)Oc1ccc(-c2csc(C=S)c2)cc1. The van der Waals surface area contributed by atoms with E-state index in [0.29, 0.717) is 0 Å². The molecule has 0 aliphatic heterocycles. The molecule has 0 saturated carbocycles. The van der Waals surface area contributed by atoms with E-state index in [1.807, 2.05) is 25.3 Å². The van der Waals surface area contributed by atoms with Gasteiger partial charge in [0.1, 0.15) is 5.75 Å². The molecule has 1 heterocycles. The average molecular weight is 404 g/mol. The molecule has 8 heteroatoms. The number of rotatable bonds is 6. The Morgan fingerprint density at radius 2 is 1.85 bits per heavy atom. The van der Waals surface area contributed by atoms with E-state index >= 15 is 0 Å². The van der Waals surface area contributed by atoms with E-state index in [4.69, 9.17) is 17.3 Å². The van der Waals surface area contributed by atoms with Crippen molar-refractivity contribution in [2.75, 3.05) is 7.05 Å². The molecule has 0 amide bonds. The third-order valence-corrected chi connectivity index (χ3v) is 4.01. The van der Waals surface area contributed by atoms with Crippen LogP contribution in [-0.4, -0.2) is 30.1 Å². The van der Waals surface area contributed by atoms with Gasteiger partial charge in [-0.1, -0.05) is 38.2 Å². The summed E-state index contributed by atoms with van der Waals surface area (Å²) in [5, 5.41) is 11.7. The van der Waals surface area contributed by atoms with Gasteiger partial charge in [-0.05, 0) is 47.7 Å². The van der Waals surface area contributed by atoms with E-state index in [0.717, 1.165) is 16.0 Å². The fourth-order valence-electron chi connectivity index (χ4n) is 1.74. The second-order valence-electron chi connectivity index (χ2n) is 5.25. The fourth-order valence-corrected chi connectivity index (χ4v) is 2.70. The Labute approximate surface area is 161 Å². The molecule has 0 aliphatic carbocycles. The van der Waals surface area contributed by atoms with Crippen LogP contribution in [0.15, 0.2) is 35.7 Å². The molecule has 0 unspecified atom stereocenters. The number of ether oxygens (including phenoxy) is 1. The standard InChI is InChI=1S/C12H8F2OS2.C5H10O2.CH5N/c13-12(14)15-10-3-1-8(2-4-10)9-5-11(6-16)17-7-9;1-4(2)3-5(6)7;1-2/h1-7,12H;4H,3H2,1-2H3,(H,6,7);2H2,1H3. The van der Waals surface area contributed by atoms with Gasteiger partial charge in [0.2, 0.25) is 0 Å². The highest BCUT2D eigenvalue weighted by Crippen LogP contribution is 2.27. The minimum absolute atomic E-state index is 0.161. The van der Waals surface area contributed by atoms with Crippen LogP contribution < -0.4 is 10.5 Å². The summed E-state index contributed by atoms with van der Waals surface area (Å²) in [5.41, 5.74) is 6.47. The van der Waals surface area contributed by atoms with Crippen LogP contribution in [0.1, 0.15) is 25.1 Å². The zero-order valence-electron chi connectivity index (χ0n) is 14.8. The molecular formula is C18H23F2NO3S2. The Balaban J connectivity index is 0.000000589. The molecule has 0 radical (unpaired) electrons. The maximum atomic E-state index is 12.0. The van der Waals surface area contributed by atoms with Crippen molar-refractivity contribution in [1.29, 1.82) is 0 Å². The molecule has 3 N–H and O–H groups in total. The molecule has 0 bridgehead atoms. The monoisotopic (exact) mass is 403 g/mol. The molecule has 144 valence electrons. The predicted molar refractivity (Wildman–Crippen MR) is 106 cm³/mol. The molecule has 2 rings (SSSR count). The minimum atomic E-state index is -2.79. The Hall–Kier alpha value is -1.90. The molecule has 26 heavy (non-hydrogen) atoms. The first-order valence-electron chi connectivity index (χ1n) is 7.70. The summed E-state index contributed by atoms with van der Waals surface area (Å²) in [6.07, 6.45) is 0.278. The number of alkyl halides is 2. The number of hydrogen-bond acceptors (Lipinski definition) is 5. The molecule has 0 aliphatic rings. The molecular weight excluding hydrogens is 380 g/mol. The maximum Gasteiger partial charge on any atom is 0.387 e. The lowest BCUT2D eigenvalue weighted by atomic mass is 10.1. The fraction of sp³-hybridized carbons (Fsp3) is 0.333. The van der Waals surface area contributed by atoms with Gasteiger partial charge in [-0.25, -0.2) is 0 Å². The van der Waals surface area contributed by atoms with Gasteiger partial charge in [0.25, 0.3) is 0 Å². The van der Waals surface area contributed by atoms with E-state index in [1.165, 1.54) is 19.2 Å². The second-order valence-corrected chi connectivity index (χ2v) is 6.43. The van der Waals surface area contributed by atoms with E-state index < -0.39 is 12.6 Å². The first-order valence-corrected chi connectivity index (χ1v) is 9.05. The number of aliphatic carboxylic acids is 1. The molecule has 2 aromatic rings. The van der Waals surface area contributed by atoms with Crippen molar-refractivity contribution >= 4 is 34.9 Å². The minimum Gasteiger partial charge on any atom is -0.481 e. The van der Waals surface area contributed by atoms with Crippen molar-refractivity contribution in [3.63, 3.8) is 0 Å². The second kappa shape index (κ2) is 13.3. The highest BCUT2D eigenvalue weighted by atomic mass is 32.1. The van der Waals surface area contributed by atoms with Crippen LogP contribution in [0.4, 0.5) is 8.78 Å². The number of halogens is 2. The first-order chi connectivity index (χ1) is 12.3. The van der Waals surface area contributed by atoms with Crippen molar-refractivity contribution in [3.8, 4) is 16.9 Å². The van der Waals surface area contributed by atoms with Crippen molar-refractivity contribution < 1.29 is 23.4 Å². The summed E-state index contributed by atoms with van der Waals surface area (Å²) in [7, 11) is 1.50. The van der Waals surface area contributed by atoms with Crippen LogP contribution in [-0.2, 0) is 4.79 Å². The number of thiophene rings is 1. The van der Waals surface area contributed by atoms with E-state index in [2.05, 4.69) is 10.5 Å². The summed E-state index contributed by atoms with van der Waals surface area (Å²) in [6.45, 7) is 0.978. The zero-order chi connectivity index (χ0) is 20.1. The van der Waals surface area contributed by atoms with Gasteiger partial charge >= 0.3 is 12.6 Å². The van der Waals surface area contributed by atoms with Crippen LogP contribution in [0, 0.1) is 5.92 Å². The van der Waals surface area contributed by atoms with E-state index in [1.54, 1.807) is 28.8 Å². The summed E-state index contributed by atoms with van der Waals surface area (Å²) in [4.78, 5) is 10.8. The Bertz CT molecular complexity index is 659. The van der Waals surface area contributed by atoms with Crippen LogP contribution in [0.25, 0.3) is 11.1 Å². The van der Waals surface area contributed by atoms with Crippen LogP contribution in [0.2, 0.25) is 0 Å². The zero-order valence-corrected chi connectivity index (χ0v) is 16.4. The van der Waals surface area contributed by atoms with Gasteiger partial charge in [0.15, 0.2) is 0 Å². The number of nitrogens with two attached hydrogens (primary N) is 1. The Morgan fingerprint density at radius 3 is 2.19 bits per heavy atom. The number of carbonyl (C=O) groups is 1. The highest BCUT2D eigenvalue weighted by molar-refractivity contribution is 7.79.